The Morgan fingerprint density at radius 2 is 2.04 bits per heavy atom. The zero-order valence-corrected chi connectivity index (χ0v) is 13.5. The molecule has 0 unspecified atom stereocenters. The molecule has 2 amide bonds. The molecular weight excluding hydrogens is 327 g/mol. The van der Waals surface area contributed by atoms with Crippen LogP contribution in [0.25, 0.3) is 11.1 Å². The van der Waals surface area contributed by atoms with Crippen LogP contribution in [0.15, 0.2) is 42.5 Å². The Bertz CT molecular complexity index is 807. The summed E-state index contributed by atoms with van der Waals surface area (Å²) in [6.45, 7) is 1.83. The van der Waals surface area contributed by atoms with Crippen LogP contribution in [0, 0.1) is 5.82 Å². The van der Waals surface area contributed by atoms with E-state index in [1.54, 1.807) is 24.3 Å². The van der Waals surface area contributed by atoms with Gasteiger partial charge in [-0.2, -0.15) is 0 Å². The number of phenolic OH excluding ortho intramolecular Hbond substituents is 1. The summed E-state index contributed by atoms with van der Waals surface area (Å²) in [5.74, 6) is -0.592. The van der Waals surface area contributed by atoms with Crippen molar-refractivity contribution in [3.63, 3.8) is 0 Å². The lowest BCUT2D eigenvalue weighted by Gasteiger charge is -2.14. The van der Waals surface area contributed by atoms with E-state index >= 15 is 0 Å². The average Bonchev–Trinajstić information content (AvgIpc) is 2.95. The molecule has 0 aromatic heterocycles. The van der Waals surface area contributed by atoms with Crippen LogP contribution in [0.1, 0.15) is 6.92 Å². The summed E-state index contributed by atoms with van der Waals surface area (Å²) in [6, 6.07) is 10.7. The van der Waals surface area contributed by atoms with Crippen LogP contribution < -0.4 is 10.2 Å². The summed E-state index contributed by atoms with van der Waals surface area (Å²) in [7, 11) is 0. The van der Waals surface area contributed by atoms with E-state index in [1.807, 2.05) is 0 Å². The van der Waals surface area contributed by atoms with E-state index < -0.39 is 18.0 Å². The Balaban J connectivity index is 1.77. The maximum Gasteiger partial charge on any atom is 0.414 e. The fraction of sp³-hybridized carbons (Fsp3) is 0.222. The van der Waals surface area contributed by atoms with Gasteiger partial charge in [0, 0.05) is 12.5 Å². The molecule has 0 saturated carbocycles. The number of halogens is 1. The van der Waals surface area contributed by atoms with Gasteiger partial charge in [0.15, 0.2) is 0 Å². The van der Waals surface area contributed by atoms with E-state index in [4.69, 9.17) is 4.74 Å². The van der Waals surface area contributed by atoms with Crippen LogP contribution >= 0.6 is 0 Å². The maximum absolute atomic E-state index is 14.5. The van der Waals surface area contributed by atoms with Gasteiger partial charge in [-0.15, -0.1) is 0 Å². The number of hydrogen-bond donors (Lipinski definition) is 2. The largest absolute Gasteiger partial charge is 0.508 e. The van der Waals surface area contributed by atoms with Crippen molar-refractivity contribution in [2.45, 2.75) is 13.0 Å². The van der Waals surface area contributed by atoms with Crippen LogP contribution in [-0.4, -0.2) is 36.3 Å². The number of carbonyl (C=O) groups is 2. The number of anilines is 1. The molecular formula is C18H17FN2O4. The molecule has 0 bridgehead atoms. The van der Waals surface area contributed by atoms with Crippen molar-refractivity contribution in [1.82, 2.24) is 5.32 Å². The molecule has 1 fully saturated rings. The van der Waals surface area contributed by atoms with Crippen LogP contribution in [0.3, 0.4) is 0 Å². The van der Waals surface area contributed by atoms with Crippen molar-refractivity contribution >= 4 is 17.7 Å². The molecule has 25 heavy (non-hydrogen) atoms. The summed E-state index contributed by atoms with van der Waals surface area (Å²) < 4.78 is 19.6. The van der Waals surface area contributed by atoms with Gasteiger partial charge in [-0.25, -0.2) is 9.18 Å². The molecule has 3 rings (SSSR count). The van der Waals surface area contributed by atoms with E-state index in [1.165, 1.54) is 30.0 Å². The highest BCUT2D eigenvalue weighted by Gasteiger charge is 2.32. The summed E-state index contributed by atoms with van der Waals surface area (Å²) in [5, 5.41) is 11.9. The minimum absolute atomic E-state index is 0.103. The summed E-state index contributed by atoms with van der Waals surface area (Å²) in [4.78, 5) is 24.2. The fourth-order valence-electron chi connectivity index (χ4n) is 2.64. The highest BCUT2D eigenvalue weighted by atomic mass is 19.1. The maximum atomic E-state index is 14.5. The van der Waals surface area contributed by atoms with Gasteiger partial charge >= 0.3 is 6.09 Å². The molecule has 130 valence electrons. The fourth-order valence-corrected chi connectivity index (χ4v) is 2.64. The third-order valence-electron chi connectivity index (χ3n) is 3.90. The zero-order chi connectivity index (χ0) is 18.0. The number of amides is 2. The van der Waals surface area contributed by atoms with Crippen LogP contribution in [0.4, 0.5) is 14.9 Å². The van der Waals surface area contributed by atoms with Gasteiger partial charge in [0.05, 0.1) is 18.8 Å². The molecule has 0 spiro atoms. The third-order valence-corrected chi connectivity index (χ3v) is 3.90. The molecule has 0 aliphatic carbocycles. The molecule has 1 saturated heterocycles. The number of ether oxygens (including phenoxy) is 1. The standard InChI is InChI=1S/C18H17FN2O4/c1-11(22)20-9-15-10-21(18(24)25-15)13-4-7-16(17(19)8-13)12-2-5-14(23)6-3-12/h2-8,15,23H,9-10H2,1H3,(H,20,22)/t15-/m0/s1. The minimum Gasteiger partial charge on any atom is -0.508 e. The topological polar surface area (TPSA) is 78.9 Å². The first-order chi connectivity index (χ1) is 11.9. The van der Waals surface area contributed by atoms with Crippen molar-refractivity contribution in [3.8, 4) is 16.9 Å². The third kappa shape index (κ3) is 3.71. The predicted octanol–water partition coefficient (Wildman–Crippen LogP) is 2.66. The lowest BCUT2D eigenvalue weighted by atomic mass is 10.0. The average molecular weight is 344 g/mol. The Morgan fingerprint density at radius 1 is 1.32 bits per heavy atom. The number of aromatic hydroxyl groups is 1. The van der Waals surface area contributed by atoms with Crippen molar-refractivity contribution in [2.24, 2.45) is 0 Å². The van der Waals surface area contributed by atoms with Crippen molar-refractivity contribution in [1.29, 1.82) is 0 Å². The van der Waals surface area contributed by atoms with E-state index in [-0.39, 0.29) is 24.7 Å². The number of benzene rings is 2. The molecule has 2 aromatic carbocycles. The highest BCUT2D eigenvalue weighted by Crippen LogP contribution is 2.29. The summed E-state index contributed by atoms with van der Waals surface area (Å²) in [5.41, 5.74) is 1.37. The minimum atomic E-state index is -0.577. The SMILES string of the molecule is CC(=O)NC[C@H]1CN(c2ccc(-c3ccc(O)cc3)c(F)c2)C(=O)O1. The molecule has 1 atom stereocenters. The molecule has 2 N–H and O–H groups in total. The molecule has 1 aliphatic heterocycles. The number of rotatable bonds is 4. The lowest BCUT2D eigenvalue weighted by molar-refractivity contribution is -0.119. The first kappa shape index (κ1) is 16.8. The van der Waals surface area contributed by atoms with Gasteiger partial charge in [0.25, 0.3) is 0 Å². The number of carbonyl (C=O) groups excluding carboxylic acids is 2. The molecule has 7 heteroatoms. The Labute approximate surface area is 143 Å². The second-order valence-corrected chi connectivity index (χ2v) is 5.76. The van der Waals surface area contributed by atoms with E-state index in [0.717, 1.165) is 0 Å². The molecule has 2 aromatic rings. The van der Waals surface area contributed by atoms with E-state index in [0.29, 0.717) is 16.8 Å². The van der Waals surface area contributed by atoms with Gasteiger partial charge in [-0.05, 0) is 35.9 Å². The van der Waals surface area contributed by atoms with E-state index in [2.05, 4.69) is 5.32 Å². The van der Waals surface area contributed by atoms with Crippen LogP contribution in [-0.2, 0) is 9.53 Å². The van der Waals surface area contributed by atoms with Gasteiger partial charge in [0.2, 0.25) is 5.91 Å². The number of phenols is 1. The predicted molar refractivity (Wildman–Crippen MR) is 89.8 cm³/mol. The Hall–Kier alpha value is -3.09. The van der Waals surface area contributed by atoms with Gasteiger partial charge < -0.3 is 15.2 Å². The van der Waals surface area contributed by atoms with Gasteiger partial charge in [-0.3, -0.25) is 9.69 Å². The monoisotopic (exact) mass is 344 g/mol. The second-order valence-electron chi connectivity index (χ2n) is 5.76. The van der Waals surface area contributed by atoms with Crippen LogP contribution in [0.5, 0.6) is 5.75 Å². The van der Waals surface area contributed by atoms with Crippen molar-refractivity contribution in [3.05, 3.63) is 48.3 Å². The normalized spacial score (nSPS) is 16.6. The Kier molecular flexibility index (Phi) is 4.56. The lowest BCUT2D eigenvalue weighted by Crippen LogP contribution is -2.33. The first-order valence-corrected chi connectivity index (χ1v) is 7.75. The number of hydrogen-bond acceptors (Lipinski definition) is 4. The summed E-state index contributed by atoms with van der Waals surface area (Å²) >= 11 is 0. The molecule has 0 radical (unpaired) electrons. The highest BCUT2D eigenvalue weighted by molar-refractivity contribution is 5.90. The van der Waals surface area contributed by atoms with Crippen molar-refractivity contribution in [2.75, 3.05) is 18.0 Å². The molecule has 1 heterocycles. The number of nitrogens with zero attached hydrogens (tertiary/aromatic N) is 1. The quantitative estimate of drug-likeness (QED) is 0.894. The van der Waals surface area contributed by atoms with Gasteiger partial charge in [0.1, 0.15) is 17.7 Å². The number of nitrogens with one attached hydrogen (secondary N) is 1. The summed E-state index contributed by atoms with van der Waals surface area (Å²) in [6.07, 6.45) is -1.05. The molecule has 1 aliphatic rings. The first-order valence-electron chi connectivity index (χ1n) is 7.75. The zero-order valence-electron chi connectivity index (χ0n) is 13.5. The smallest absolute Gasteiger partial charge is 0.414 e. The molecule has 6 nitrogen and oxygen atoms in total. The number of cyclic esters (lactones) is 1. The van der Waals surface area contributed by atoms with E-state index in [9.17, 15) is 19.1 Å². The van der Waals surface area contributed by atoms with Gasteiger partial charge in [-0.1, -0.05) is 12.1 Å². The van der Waals surface area contributed by atoms with Crippen molar-refractivity contribution < 1.29 is 23.8 Å². The Morgan fingerprint density at radius 3 is 2.68 bits per heavy atom. The second kappa shape index (κ2) is 6.80. The van der Waals surface area contributed by atoms with Crippen LogP contribution in [0.2, 0.25) is 0 Å².